The van der Waals surface area contributed by atoms with E-state index in [0.29, 0.717) is 19.0 Å². The SMILES string of the molecule is C[C@]12CCC[C@@]3(CO3)[C@H]1C[C@@H]1[C@@H](C2)OC(=O)[C@@H]1CN(CCO)Cc1ccccc1. The summed E-state index contributed by atoms with van der Waals surface area (Å²) in [5, 5.41) is 9.58. The number of aliphatic hydroxyl groups is 1. The summed E-state index contributed by atoms with van der Waals surface area (Å²) < 4.78 is 12.0. The lowest BCUT2D eigenvalue weighted by molar-refractivity contribution is -0.147. The maximum absolute atomic E-state index is 12.9. The fourth-order valence-corrected chi connectivity index (χ4v) is 6.66. The van der Waals surface area contributed by atoms with Crippen molar-refractivity contribution >= 4 is 5.97 Å². The molecule has 5 rings (SSSR count). The standard InChI is InChI=1S/C24H33NO4/c1-23-8-5-9-24(16-28-24)21(23)12-18-19(22(27)29-20(18)13-23)15-25(10-11-26)14-17-6-3-2-4-7-17/h2-4,6-7,18-21,26H,5,8-16H2,1H3/t18-,19+,20+,21-,23+,24+/m0/s1. The summed E-state index contributed by atoms with van der Waals surface area (Å²) in [4.78, 5) is 15.1. The molecule has 0 aromatic heterocycles. The largest absolute Gasteiger partial charge is 0.462 e. The number of fused-ring (bicyclic) bond motifs is 3. The van der Waals surface area contributed by atoms with Crippen LogP contribution < -0.4 is 0 Å². The first-order chi connectivity index (χ1) is 14.0. The maximum Gasteiger partial charge on any atom is 0.310 e. The Bertz CT molecular complexity index is 749. The number of carbonyl (C=O) groups excluding carboxylic acids is 1. The van der Waals surface area contributed by atoms with Gasteiger partial charge in [-0.1, -0.05) is 37.3 Å². The third kappa shape index (κ3) is 3.51. The van der Waals surface area contributed by atoms with E-state index in [4.69, 9.17) is 9.47 Å². The lowest BCUT2D eigenvalue weighted by Crippen LogP contribution is -2.51. The van der Waals surface area contributed by atoms with E-state index in [9.17, 15) is 9.90 Å². The molecule has 5 heteroatoms. The van der Waals surface area contributed by atoms with Gasteiger partial charge >= 0.3 is 5.97 Å². The average molecular weight is 400 g/mol. The van der Waals surface area contributed by atoms with Crippen LogP contribution in [0.3, 0.4) is 0 Å². The van der Waals surface area contributed by atoms with Crippen molar-refractivity contribution in [3.63, 3.8) is 0 Å². The first-order valence-corrected chi connectivity index (χ1v) is 11.2. The minimum absolute atomic E-state index is 0.0380. The van der Waals surface area contributed by atoms with Crippen molar-refractivity contribution in [2.24, 2.45) is 23.2 Å². The number of hydrogen-bond acceptors (Lipinski definition) is 5. The van der Waals surface area contributed by atoms with Gasteiger partial charge < -0.3 is 14.6 Å². The lowest BCUT2D eigenvalue weighted by atomic mass is 9.53. The van der Waals surface area contributed by atoms with Gasteiger partial charge in [-0.15, -0.1) is 0 Å². The molecule has 1 aromatic carbocycles. The molecule has 6 atom stereocenters. The van der Waals surface area contributed by atoms with Crippen molar-refractivity contribution in [2.45, 2.75) is 57.3 Å². The van der Waals surface area contributed by atoms with Crippen LogP contribution in [0.25, 0.3) is 0 Å². The second kappa shape index (κ2) is 7.36. The van der Waals surface area contributed by atoms with Gasteiger partial charge in [0.05, 0.1) is 24.7 Å². The third-order valence-electron chi connectivity index (χ3n) is 8.20. The van der Waals surface area contributed by atoms with Crippen molar-refractivity contribution < 1.29 is 19.4 Å². The van der Waals surface area contributed by atoms with Gasteiger partial charge in [0.15, 0.2) is 0 Å². The molecule has 1 spiro atoms. The summed E-state index contributed by atoms with van der Waals surface area (Å²) in [5.41, 5.74) is 1.53. The Morgan fingerprint density at radius 1 is 1.24 bits per heavy atom. The van der Waals surface area contributed by atoms with E-state index in [-0.39, 0.29) is 41.5 Å². The topological polar surface area (TPSA) is 62.3 Å². The van der Waals surface area contributed by atoms with Gasteiger partial charge in [0.25, 0.3) is 0 Å². The minimum Gasteiger partial charge on any atom is -0.462 e. The van der Waals surface area contributed by atoms with E-state index in [2.05, 4.69) is 24.0 Å². The van der Waals surface area contributed by atoms with Crippen LogP contribution in [0, 0.1) is 23.2 Å². The molecule has 29 heavy (non-hydrogen) atoms. The van der Waals surface area contributed by atoms with Crippen LogP contribution in [-0.2, 0) is 20.8 Å². The summed E-state index contributed by atoms with van der Waals surface area (Å²) in [5.74, 6) is 0.681. The number of aliphatic hydroxyl groups excluding tert-OH is 1. The molecule has 1 aromatic rings. The number of nitrogens with zero attached hydrogens (tertiary/aromatic N) is 1. The van der Waals surface area contributed by atoms with E-state index in [1.54, 1.807) is 0 Å². The summed E-state index contributed by atoms with van der Waals surface area (Å²) in [6.07, 6.45) is 5.69. The Hall–Kier alpha value is -1.43. The van der Waals surface area contributed by atoms with Gasteiger partial charge in [0.2, 0.25) is 0 Å². The summed E-state index contributed by atoms with van der Waals surface area (Å²) in [7, 11) is 0. The fraction of sp³-hybridized carbons (Fsp3) is 0.708. The molecule has 2 aliphatic carbocycles. The molecule has 2 heterocycles. The fourth-order valence-electron chi connectivity index (χ4n) is 6.66. The second-order valence-corrected chi connectivity index (χ2v) is 10.0. The maximum atomic E-state index is 12.9. The van der Waals surface area contributed by atoms with Crippen LogP contribution in [-0.4, -0.2) is 54.0 Å². The molecular formula is C24H33NO4. The molecule has 0 bridgehead atoms. The zero-order valence-corrected chi connectivity index (χ0v) is 17.4. The van der Waals surface area contributed by atoms with Crippen LogP contribution in [0.2, 0.25) is 0 Å². The van der Waals surface area contributed by atoms with Gasteiger partial charge in [-0.25, -0.2) is 0 Å². The molecule has 5 nitrogen and oxygen atoms in total. The van der Waals surface area contributed by atoms with E-state index in [1.165, 1.54) is 24.8 Å². The number of epoxide rings is 1. The lowest BCUT2D eigenvalue weighted by Gasteiger charge is -2.51. The van der Waals surface area contributed by atoms with Gasteiger partial charge in [-0.3, -0.25) is 9.69 Å². The molecule has 2 saturated heterocycles. The predicted molar refractivity (Wildman–Crippen MR) is 109 cm³/mol. The van der Waals surface area contributed by atoms with Gasteiger partial charge in [-0.05, 0) is 49.0 Å². The van der Waals surface area contributed by atoms with E-state index >= 15 is 0 Å². The van der Waals surface area contributed by atoms with E-state index < -0.39 is 0 Å². The van der Waals surface area contributed by atoms with Crippen molar-refractivity contribution in [3.05, 3.63) is 35.9 Å². The molecule has 158 valence electrons. The Morgan fingerprint density at radius 3 is 2.76 bits per heavy atom. The van der Waals surface area contributed by atoms with Crippen LogP contribution in [0.4, 0.5) is 0 Å². The number of hydrogen-bond donors (Lipinski definition) is 1. The number of esters is 1. The molecule has 0 amide bonds. The van der Waals surface area contributed by atoms with Gasteiger partial charge in [0, 0.05) is 25.6 Å². The molecular weight excluding hydrogens is 366 g/mol. The van der Waals surface area contributed by atoms with Crippen LogP contribution in [0.1, 0.15) is 44.6 Å². The van der Waals surface area contributed by atoms with Gasteiger partial charge in [-0.2, -0.15) is 0 Å². The Labute approximate surface area is 173 Å². The number of rotatable bonds is 6. The smallest absolute Gasteiger partial charge is 0.310 e. The highest BCUT2D eigenvalue weighted by Crippen LogP contribution is 2.62. The zero-order valence-electron chi connectivity index (χ0n) is 17.4. The second-order valence-electron chi connectivity index (χ2n) is 10.0. The van der Waals surface area contributed by atoms with Crippen LogP contribution in [0.5, 0.6) is 0 Å². The summed E-state index contributed by atoms with van der Waals surface area (Å²) in [6.45, 7) is 5.37. The highest BCUT2D eigenvalue weighted by Gasteiger charge is 2.65. The van der Waals surface area contributed by atoms with Crippen LogP contribution >= 0.6 is 0 Å². The zero-order chi connectivity index (χ0) is 20.1. The van der Waals surface area contributed by atoms with Crippen LogP contribution in [0.15, 0.2) is 30.3 Å². The highest BCUT2D eigenvalue weighted by atomic mass is 16.6. The molecule has 4 aliphatic rings. The Balaban J connectivity index is 1.33. The number of carbonyl (C=O) groups is 1. The summed E-state index contributed by atoms with van der Waals surface area (Å²) in [6, 6.07) is 10.3. The molecule has 2 saturated carbocycles. The normalized spacial score (nSPS) is 40.6. The monoisotopic (exact) mass is 399 g/mol. The van der Waals surface area contributed by atoms with Crippen molar-refractivity contribution in [3.8, 4) is 0 Å². The van der Waals surface area contributed by atoms with E-state index in [1.807, 2.05) is 18.2 Å². The van der Waals surface area contributed by atoms with E-state index in [0.717, 1.165) is 26.0 Å². The minimum atomic E-state index is -0.0995. The summed E-state index contributed by atoms with van der Waals surface area (Å²) >= 11 is 0. The average Bonchev–Trinajstić information content (AvgIpc) is 3.40. The number of ether oxygens (including phenoxy) is 2. The molecule has 2 aliphatic heterocycles. The molecule has 0 radical (unpaired) electrons. The van der Waals surface area contributed by atoms with Gasteiger partial charge in [0.1, 0.15) is 6.10 Å². The molecule has 0 unspecified atom stereocenters. The first kappa shape index (κ1) is 19.5. The third-order valence-corrected chi connectivity index (χ3v) is 8.20. The molecule has 4 fully saturated rings. The quantitative estimate of drug-likeness (QED) is 0.589. The van der Waals surface area contributed by atoms with Crippen molar-refractivity contribution in [2.75, 3.05) is 26.3 Å². The van der Waals surface area contributed by atoms with Crippen molar-refractivity contribution in [1.82, 2.24) is 4.90 Å². The van der Waals surface area contributed by atoms with Crippen molar-refractivity contribution in [1.29, 1.82) is 0 Å². The highest BCUT2D eigenvalue weighted by molar-refractivity contribution is 5.75. The molecule has 1 N–H and O–H groups in total. The Morgan fingerprint density at radius 2 is 2.03 bits per heavy atom. The Kier molecular flexibility index (Phi) is 4.96. The number of benzene rings is 1. The predicted octanol–water partition coefficient (Wildman–Crippen LogP) is 3.01. The first-order valence-electron chi connectivity index (χ1n) is 11.2.